The molecule has 0 aliphatic carbocycles. The van der Waals surface area contributed by atoms with Gasteiger partial charge in [0.25, 0.3) is 0 Å². The Hall–Kier alpha value is -1.92. The van der Waals surface area contributed by atoms with Crippen LogP contribution in [0.3, 0.4) is 0 Å². The fraction of sp³-hybridized carbons (Fsp3) is 0.500. The summed E-state index contributed by atoms with van der Waals surface area (Å²) in [7, 11) is 3.77. The molecule has 3 rings (SSSR count). The molecule has 2 heterocycles. The summed E-state index contributed by atoms with van der Waals surface area (Å²) in [5.41, 5.74) is 2.62. The number of likely N-dealkylation sites (N-methyl/N-ethyl adjacent to an activating group) is 1. The van der Waals surface area contributed by atoms with Crippen molar-refractivity contribution in [2.75, 3.05) is 25.6 Å². The van der Waals surface area contributed by atoms with Gasteiger partial charge < -0.3 is 14.2 Å². The van der Waals surface area contributed by atoms with Crippen LogP contribution < -0.4 is 4.90 Å². The predicted octanol–water partition coefficient (Wildman–Crippen LogP) is 2.06. The van der Waals surface area contributed by atoms with Crippen molar-refractivity contribution >= 4 is 5.69 Å². The van der Waals surface area contributed by atoms with E-state index in [-0.39, 0.29) is 0 Å². The average Bonchev–Trinajstić information content (AvgIpc) is 2.90. The van der Waals surface area contributed by atoms with Crippen molar-refractivity contribution in [3.05, 3.63) is 41.5 Å². The van der Waals surface area contributed by atoms with Gasteiger partial charge >= 0.3 is 0 Å². The summed E-state index contributed by atoms with van der Waals surface area (Å²) in [6, 6.07) is 8.93. The van der Waals surface area contributed by atoms with Gasteiger partial charge in [-0.3, -0.25) is 4.90 Å². The van der Waals surface area contributed by atoms with Gasteiger partial charge in [0.1, 0.15) is 6.61 Å². The van der Waals surface area contributed by atoms with E-state index in [1.54, 1.807) is 7.11 Å². The summed E-state index contributed by atoms with van der Waals surface area (Å²) in [5, 5.41) is 3.93. The fourth-order valence-electron chi connectivity index (χ4n) is 2.93. The van der Waals surface area contributed by atoms with Gasteiger partial charge in [-0.05, 0) is 18.6 Å². The van der Waals surface area contributed by atoms with Gasteiger partial charge in [0.05, 0.1) is 6.54 Å². The van der Waals surface area contributed by atoms with E-state index in [9.17, 15) is 0 Å². The molecule has 2 aromatic rings. The molecule has 0 radical (unpaired) electrons. The monoisotopic (exact) mass is 302 g/mol. The zero-order chi connectivity index (χ0) is 15.5. The van der Waals surface area contributed by atoms with E-state index in [0.29, 0.717) is 30.9 Å². The molecule has 0 bridgehead atoms. The van der Waals surface area contributed by atoms with Crippen molar-refractivity contribution in [2.45, 2.75) is 32.7 Å². The maximum atomic E-state index is 5.33. The Bertz CT molecular complexity index is 628. The summed E-state index contributed by atoms with van der Waals surface area (Å²) >= 11 is 0. The van der Waals surface area contributed by atoms with Gasteiger partial charge in [-0.2, -0.15) is 4.98 Å². The number of nitrogens with zero attached hydrogens (tertiary/aromatic N) is 4. The molecule has 1 atom stereocenters. The molecule has 1 aromatic carbocycles. The second kappa shape index (κ2) is 6.46. The van der Waals surface area contributed by atoms with Crippen molar-refractivity contribution < 1.29 is 9.26 Å². The minimum Gasteiger partial charge on any atom is -0.377 e. The van der Waals surface area contributed by atoms with Crippen molar-refractivity contribution in [1.82, 2.24) is 15.0 Å². The number of methoxy groups -OCH3 is 1. The predicted molar refractivity (Wildman–Crippen MR) is 83.4 cm³/mol. The lowest BCUT2D eigenvalue weighted by molar-refractivity contribution is 0.170. The normalized spacial score (nSPS) is 19.0. The topological polar surface area (TPSA) is 54.6 Å². The van der Waals surface area contributed by atoms with Crippen LogP contribution in [0.25, 0.3) is 0 Å². The Kier molecular flexibility index (Phi) is 4.40. The maximum Gasteiger partial charge on any atom is 0.240 e. The highest BCUT2D eigenvalue weighted by atomic mass is 16.5. The third kappa shape index (κ3) is 3.13. The second-order valence-corrected chi connectivity index (χ2v) is 5.80. The van der Waals surface area contributed by atoms with Gasteiger partial charge in [0.15, 0.2) is 5.82 Å². The zero-order valence-electron chi connectivity index (χ0n) is 13.3. The van der Waals surface area contributed by atoms with Gasteiger partial charge in [-0.15, -0.1) is 0 Å². The van der Waals surface area contributed by atoms with Gasteiger partial charge in [-0.25, -0.2) is 0 Å². The molecule has 0 N–H and O–H groups in total. The Morgan fingerprint density at radius 2 is 2.18 bits per heavy atom. The lowest BCUT2D eigenvalue weighted by Crippen LogP contribution is -2.37. The number of benzene rings is 1. The summed E-state index contributed by atoms with van der Waals surface area (Å²) in [4.78, 5) is 9.05. The van der Waals surface area contributed by atoms with Gasteiger partial charge in [0.2, 0.25) is 5.89 Å². The van der Waals surface area contributed by atoms with Crippen LogP contribution >= 0.6 is 0 Å². The molecule has 6 nitrogen and oxygen atoms in total. The Labute approximate surface area is 130 Å². The Morgan fingerprint density at radius 1 is 1.36 bits per heavy atom. The van der Waals surface area contributed by atoms with Crippen molar-refractivity contribution in [1.29, 1.82) is 0 Å². The molecular formula is C16H22N4O2. The van der Waals surface area contributed by atoms with Crippen LogP contribution in [0.1, 0.15) is 24.2 Å². The van der Waals surface area contributed by atoms with Gasteiger partial charge in [-0.1, -0.05) is 23.4 Å². The fourth-order valence-corrected chi connectivity index (χ4v) is 2.93. The molecule has 118 valence electrons. The van der Waals surface area contributed by atoms with Crippen molar-refractivity contribution in [3.63, 3.8) is 0 Å². The van der Waals surface area contributed by atoms with E-state index in [0.717, 1.165) is 13.1 Å². The summed E-state index contributed by atoms with van der Waals surface area (Å²) in [6.07, 6.45) is 0. The summed E-state index contributed by atoms with van der Waals surface area (Å²) in [5.74, 6) is 1.23. The highest BCUT2D eigenvalue weighted by Gasteiger charge is 2.24. The number of para-hydroxylation sites is 1. The molecule has 0 saturated heterocycles. The van der Waals surface area contributed by atoms with Crippen LogP contribution in [0, 0.1) is 0 Å². The van der Waals surface area contributed by atoms with Crippen LogP contribution in [0.5, 0.6) is 0 Å². The highest BCUT2D eigenvalue weighted by molar-refractivity contribution is 5.53. The molecule has 1 aliphatic rings. The van der Waals surface area contributed by atoms with E-state index in [1.807, 2.05) is 0 Å². The number of hydrogen-bond donors (Lipinski definition) is 0. The smallest absolute Gasteiger partial charge is 0.240 e. The molecule has 6 heteroatoms. The number of aromatic nitrogens is 2. The summed E-state index contributed by atoms with van der Waals surface area (Å²) < 4.78 is 10.4. The molecule has 0 fully saturated rings. The number of fused-ring (bicyclic) bond motifs is 1. The van der Waals surface area contributed by atoms with Crippen LogP contribution in [-0.2, 0) is 24.4 Å². The number of ether oxygens (including phenoxy) is 1. The van der Waals surface area contributed by atoms with Crippen molar-refractivity contribution in [3.8, 4) is 0 Å². The zero-order valence-corrected chi connectivity index (χ0v) is 13.3. The first-order valence-electron chi connectivity index (χ1n) is 7.51. The van der Waals surface area contributed by atoms with Gasteiger partial charge in [0, 0.05) is 39.0 Å². The largest absolute Gasteiger partial charge is 0.377 e. The van der Waals surface area contributed by atoms with Crippen LogP contribution in [-0.4, -0.2) is 41.8 Å². The Morgan fingerprint density at radius 3 is 3.00 bits per heavy atom. The minimum absolute atomic E-state index is 0.380. The van der Waals surface area contributed by atoms with E-state index < -0.39 is 0 Å². The first-order valence-corrected chi connectivity index (χ1v) is 7.51. The number of anilines is 1. The lowest BCUT2D eigenvalue weighted by Gasteiger charge is -2.26. The molecule has 0 amide bonds. The first kappa shape index (κ1) is 15.0. The molecule has 0 spiro atoms. The molecule has 0 unspecified atom stereocenters. The van der Waals surface area contributed by atoms with Crippen LogP contribution in [0.4, 0.5) is 5.69 Å². The maximum absolute atomic E-state index is 5.33. The second-order valence-electron chi connectivity index (χ2n) is 5.80. The van der Waals surface area contributed by atoms with E-state index in [2.05, 4.69) is 58.2 Å². The third-order valence-electron chi connectivity index (χ3n) is 4.06. The quantitative estimate of drug-likeness (QED) is 0.861. The highest BCUT2D eigenvalue weighted by Crippen LogP contribution is 2.26. The molecule has 1 aliphatic heterocycles. The van der Waals surface area contributed by atoms with Crippen molar-refractivity contribution in [2.24, 2.45) is 0 Å². The standard InChI is InChI=1S/C16H22N4O2/c1-12-8-19(2)14-7-5-4-6-13(14)9-20(12)10-16-17-15(11-21-3)18-22-16/h4-7,12H,8-11H2,1-3H3/t12-/m0/s1. The first-order chi connectivity index (χ1) is 10.7. The number of rotatable bonds is 4. The average molecular weight is 302 g/mol. The third-order valence-corrected chi connectivity index (χ3v) is 4.06. The molecular weight excluding hydrogens is 280 g/mol. The minimum atomic E-state index is 0.380. The SMILES string of the molecule is COCc1noc(CN2Cc3ccccc3N(C)C[C@@H]2C)n1. The van der Waals surface area contributed by atoms with Crippen LogP contribution in [0.15, 0.2) is 28.8 Å². The van der Waals surface area contributed by atoms with E-state index >= 15 is 0 Å². The lowest BCUT2D eigenvalue weighted by atomic mass is 10.1. The van der Waals surface area contributed by atoms with Crippen LogP contribution in [0.2, 0.25) is 0 Å². The number of hydrogen-bond acceptors (Lipinski definition) is 6. The molecule has 0 saturated carbocycles. The summed E-state index contributed by atoms with van der Waals surface area (Å²) in [6.45, 7) is 5.11. The van der Waals surface area contributed by atoms with E-state index in [4.69, 9.17) is 9.26 Å². The molecule has 1 aromatic heterocycles. The van der Waals surface area contributed by atoms with E-state index in [1.165, 1.54) is 11.3 Å². The molecule has 22 heavy (non-hydrogen) atoms. The Balaban J connectivity index is 1.78.